The average molecular weight is 422 g/mol. The second-order valence-corrected chi connectivity index (χ2v) is 7.01. The van der Waals surface area contributed by atoms with E-state index < -0.39 is 5.82 Å². The van der Waals surface area contributed by atoms with Crippen LogP contribution in [0.3, 0.4) is 0 Å². The van der Waals surface area contributed by atoms with E-state index in [1.54, 1.807) is 36.7 Å². The van der Waals surface area contributed by atoms with Crippen LogP contribution in [0.1, 0.15) is 12.0 Å². The summed E-state index contributed by atoms with van der Waals surface area (Å²) in [5.41, 5.74) is 2.63. The van der Waals surface area contributed by atoms with Gasteiger partial charge in [0.2, 0.25) is 11.8 Å². The number of amides is 1. The highest BCUT2D eigenvalue weighted by Crippen LogP contribution is 2.39. The predicted octanol–water partition coefficient (Wildman–Crippen LogP) is 5.77. The highest BCUT2D eigenvalue weighted by Gasteiger charge is 2.23. The lowest BCUT2D eigenvalue weighted by atomic mass is 10.0. The van der Waals surface area contributed by atoms with E-state index in [1.807, 2.05) is 30.3 Å². The minimum Gasteiger partial charge on any atom is -0.337 e. The molecule has 0 unspecified atom stereocenters. The molecule has 1 amide bonds. The van der Waals surface area contributed by atoms with Gasteiger partial charge in [0.1, 0.15) is 5.69 Å². The molecule has 0 aliphatic heterocycles. The van der Waals surface area contributed by atoms with Crippen molar-refractivity contribution in [2.24, 2.45) is 0 Å². The van der Waals surface area contributed by atoms with E-state index in [2.05, 4.69) is 15.5 Å². The van der Waals surface area contributed by atoms with Gasteiger partial charge in [-0.15, -0.1) is 0 Å². The molecule has 0 saturated heterocycles. The highest BCUT2D eigenvalue weighted by atomic mass is 35.5. The molecule has 5 nitrogen and oxygen atoms in total. The molecule has 150 valence electrons. The first-order chi connectivity index (χ1) is 14.6. The molecule has 2 aromatic carbocycles. The van der Waals surface area contributed by atoms with Crippen molar-refractivity contribution in [3.8, 4) is 22.4 Å². The van der Waals surface area contributed by atoms with Gasteiger partial charge in [0, 0.05) is 24.4 Å². The zero-order chi connectivity index (χ0) is 20.9. The van der Waals surface area contributed by atoms with Crippen molar-refractivity contribution in [3.63, 3.8) is 0 Å². The van der Waals surface area contributed by atoms with Crippen LogP contribution < -0.4 is 5.32 Å². The fraction of sp³-hybridized carbons (Fsp3) is 0.0870. The lowest BCUT2D eigenvalue weighted by Gasteiger charge is -2.07. The van der Waals surface area contributed by atoms with E-state index >= 15 is 0 Å². The summed E-state index contributed by atoms with van der Waals surface area (Å²) in [4.78, 5) is 16.5. The summed E-state index contributed by atoms with van der Waals surface area (Å²) in [6.45, 7) is 0. The van der Waals surface area contributed by atoms with E-state index in [1.165, 1.54) is 6.07 Å². The van der Waals surface area contributed by atoms with Crippen molar-refractivity contribution in [2.75, 3.05) is 5.32 Å². The smallest absolute Gasteiger partial charge is 0.239 e. The summed E-state index contributed by atoms with van der Waals surface area (Å²) in [6, 6.07) is 17.8. The van der Waals surface area contributed by atoms with E-state index in [0.717, 1.165) is 5.56 Å². The Morgan fingerprint density at radius 3 is 2.57 bits per heavy atom. The Morgan fingerprint density at radius 2 is 1.80 bits per heavy atom. The minimum absolute atomic E-state index is 0.0235. The third-order valence-corrected chi connectivity index (χ3v) is 4.90. The first kappa shape index (κ1) is 19.8. The Morgan fingerprint density at radius 1 is 1.03 bits per heavy atom. The van der Waals surface area contributed by atoms with Crippen molar-refractivity contribution in [1.82, 2.24) is 10.1 Å². The van der Waals surface area contributed by atoms with Crippen molar-refractivity contribution >= 4 is 23.4 Å². The molecule has 30 heavy (non-hydrogen) atoms. The van der Waals surface area contributed by atoms with Crippen LogP contribution in [0, 0.1) is 5.82 Å². The Balaban J connectivity index is 1.66. The monoisotopic (exact) mass is 421 g/mol. The van der Waals surface area contributed by atoms with E-state index in [9.17, 15) is 9.18 Å². The number of hydrogen-bond acceptors (Lipinski definition) is 4. The molecule has 1 N–H and O–H groups in total. The number of halogens is 2. The van der Waals surface area contributed by atoms with Gasteiger partial charge in [-0.3, -0.25) is 15.1 Å². The van der Waals surface area contributed by atoms with Gasteiger partial charge in [-0.1, -0.05) is 53.2 Å². The quantitative estimate of drug-likeness (QED) is 0.429. The third-order valence-electron chi connectivity index (χ3n) is 4.60. The molecule has 4 rings (SSSR count). The van der Waals surface area contributed by atoms with Gasteiger partial charge in [-0.2, -0.15) is 0 Å². The van der Waals surface area contributed by atoms with E-state index in [0.29, 0.717) is 17.5 Å². The summed E-state index contributed by atoms with van der Waals surface area (Å²) >= 11 is 5.94. The SMILES string of the molecule is O=C(CCc1ccccc1)Nc1onc(-c2cccc(Cl)c2F)c1-c1ccncc1. The standard InChI is InChI=1S/C23H17ClFN3O2/c24-18-8-4-7-17(21(18)25)22-20(16-11-13-26-14-12-16)23(30-28-22)27-19(29)10-9-15-5-2-1-3-6-15/h1-8,11-14H,9-10H2,(H,27,29). The lowest BCUT2D eigenvalue weighted by Crippen LogP contribution is -2.12. The van der Waals surface area contributed by atoms with Gasteiger partial charge >= 0.3 is 0 Å². The molecular weight excluding hydrogens is 405 g/mol. The van der Waals surface area contributed by atoms with Crippen LogP contribution >= 0.6 is 11.6 Å². The number of nitrogens with zero attached hydrogens (tertiary/aromatic N) is 2. The molecule has 0 radical (unpaired) electrons. The number of aryl methyl sites for hydroxylation is 1. The summed E-state index contributed by atoms with van der Waals surface area (Å²) in [5, 5.41) is 6.76. The highest BCUT2D eigenvalue weighted by molar-refractivity contribution is 6.31. The van der Waals surface area contributed by atoms with E-state index in [4.69, 9.17) is 16.1 Å². The molecular formula is C23H17ClFN3O2. The topological polar surface area (TPSA) is 68.0 Å². The summed E-state index contributed by atoms with van der Waals surface area (Å²) < 4.78 is 20.1. The van der Waals surface area contributed by atoms with Crippen molar-refractivity contribution in [2.45, 2.75) is 12.8 Å². The molecule has 0 atom stereocenters. The maximum absolute atomic E-state index is 14.7. The first-order valence-electron chi connectivity index (χ1n) is 9.31. The number of rotatable bonds is 6. The zero-order valence-electron chi connectivity index (χ0n) is 15.8. The Bertz CT molecular complexity index is 1160. The number of pyridine rings is 1. The predicted molar refractivity (Wildman–Crippen MR) is 114 cm³/mol. The molecule has 4 aromatic rings. The molecule has 0 aliphatic rings. The number of nitrogens with one attached hydrogen (secondary N) is 1. The molecule has 2 aromatic heterocycles. The molecule has 0 spiro atoms. The number of benzene rings is 2. The van der Waals surface area contributed by atoms with Crippen LogP contribution in [0.25, 0.3) is 22.4 Å². The maximum Gasteiger partial charge on any atom is 0.239 e. The fourth-order valence-corrected chi connectivity index (χ4v) is 3.30. The number of carbonyl (C=O) groups excluding carboxylic acids is 1. The molecule has 7 heteroatoms. The van der Waals surface area contributed by atoms with Gasteiger partial charge in [0.05, 0.1) is 10.6 Å². The zero-order valence-corrected chi connectivity index (χ0v) is 16.6. The normalized spacial score (nSPS) is 10.7. The molecule has 2 heterocycles. The second kappa shape index (κ2) is 8.88. The third kappa shape index (κ3) is 4.23. The van der Waals surface area contributed by atoms with Crippen LogP contribution in [0.5, 0.6) is 0 Å². The molecule has 0 bridgehead atoms. The Labute approximate surface area is 177 Å². The lowest BCUT2D eigenvalue weighted by molar-refractivity contribution is -0.116. The Hall–Kier alpha value is -3.51. The Kier molecular flexibility index (Phi) is 5.86. The van der Waals surface area contributed by atoms with Crippen molar-refractivity contribution in [1.29, 1.82) is 0 Å². The molecule has 0 fully saturated rings. The van der Waals surface area contributed by atoms with E-state index in [-0.39, 0.29) is 34.5 Å². The molecule has 0 aliphatic carbocycles. The number of hydrogen-bond donors (Lipinski definition) is 1. The summed E-state index contributed by atoms with van der Waals surface area (Å²) in [6.07, 6.45) is 4.05. The van der Waals surface area contributed by atoms with Gasteiger partial charge in [-0.05, 0) is 41.8 Å². The number of carbonyl (C=O) groups is 1. The largest absolute Gasteiger partial charge is 0.337 e. The summed E-state index contributed by atoms with van der Waals surface area (Å²) in [5.74, 6) is -0.693. The average Bonchev–Trinajstić information content (AvgIpc) is 3.18. The van der Waals surface area contributed by atoms with Crippen molar-refractivity contribution < 1.29 is 13.7 Å². The first-order valence-corrected chi connectivity index (χ1v) is 9.69. The van der Waals surface area contributed by atoms with Crippen LogP contribution in [0.15, 0.2) is 77.6 Å². The van der Waals surface area contributed by atoms with Gasteiger partial charge in [-0.25, -0.2) is 4.39 Å². The fourth-order valence-electron chi connectivity index (χ4n) is 3.12. The van der Waals surface area contributed by atoms with Gasteiger partial charge in [0.25, 0.3) is 0 Å². The van der Waals surface area contributed by atoms with Gasteiger partial charge in [0.15, 0.2) is 5.82 Å². The number of anilines is 1. The maximum atomic E-state index is 14.7. The van der Waals surface area contributed by atoms with Crippen LogP contribution in [-0.4, -0.2) is 16.0 Å². The van der Waals surface area contributed by atoms with Crippen LogP contribution in [0.4, 0.5) is 10.3 Å². The number of aromatic nitrogens is 2. The minimum atomic E-state index is -0.607. The molecule has 0 saturated carbocycles. The van der Waals surface area contributed by atoms with Crippen LogP contribution in [-0.2, 0) is 11.2 Å². The van der Waals surface area contributed by atoms with Crippen LogP contribution in [0.2, 0.25) is 5.02 Å². The van der Waals surface area contributed by atoms with Gasteiger partial charge < -0.3 is 4.52 Å². The van der Waals surface area contributed by atoms with Crippen molar-refractivity contribution in [3.05, 3.63) is 89.5 Å². The second-order valence-electron chi connectivity index (χ2n) is 6.61. The summed E-state index contributed by atoms with van der Waals surface area (Å²) in [7, 11) is 0.